The molecule has 2 heterocycles. The van der Waals surface area contributed by atoms with Gasteiger partial charge in [-0.2, -0.15) is 0 Å². The number of hydrogen-bond acceptors (Lipinski definition) is 2. The van der Waals surface area contributed by atoms with Gasteiger partial charge in [-0.3, -0.25) is 4.79 Å². The molecule has 1 fully saturated rings. The monoisotopic (exact) mass is 365 g/mol. The average Bonchev–Trinajstić information content (AvgIpc) is 3.10. The zero-order chi connectivity index (χ0) is 16.9. The minimum atomic E-state index is 0.167. The highest BCUT2D eigenvalue weighted by Crippen LogP contribution is 2.25. The van der Waals surface area contributed by atoms with E-state index < -0.39 is 0 Å². The minimum absolute atomic E-state index is 0.167. The van der Waals surface area contributed by atoms with Crippen LogP contribution in [0.1, 0.15) is 30.5 Å². The average molecular weight is 366 g/mol. The Kier molecular flexibility index (Phi) is 5.80. The van der Waals surface area contributed by atoms with Crippen LogP contribution < -0.4 is 0 Å². The maximum Gasteiger partial charge on any atom is 0.226 e. The van der Waals surface area contributed by atoms with Crippen LogP contribution in [0.3, 0.4) is 0 Å². The van der Waals surface area contributed by atoms with Gasteiger partial charge in [-0.25, -0.2) is 4.98 Å². The highest BCUT2D eigenvalue weighted by molar-refractivity contribution is 6.42. The van der Waals surface area contributed by atoms with Crippen molar-refractivity contribution in [3.05, 3.63) is 52.0 Å². The van der Waals surface area contributed by atoms with E-state index in [1.54, 1.807) is 18.5 Å². The molecule has 24 heavy (non-hydrogen) atoms. The Morgan fingerprint density at radius 1 is 1.25 bits per heavy atom. The molecule has 1 saturated heterocycles. The van der Waals surface area contributed by atoms with Crippen molar-refractivity contribution in [1.82, 2.24) is 14.9 Å². The second-order valence-corrected chi connectivity index (χ2v) is 7.18. The van der Waals surface area contributed by atoms with E-state index in [0.717, 1.165) is 44.3 Å². The van der Waals surface area contributed by atoms with E-state index >= 15 is 0 Å². The molecular formula is C18H21Cl2N3O. The molecule has 4 nitrogen and oxygen atoms in total. The number of rotatable bonds is 5. The second-order valence-electron chi connectivity index (χ2n) is 6.36. The third-order valence-corrected chi connectivity index (χ3v) is 5.42. The third-order valence-electron chi connectivity index (χ3n) is 4.68. The van der Waals surface area contributed by atoms with Crippen LogP contribution in [0.15, 0.2) is 30.7 Å². The van der Waals surface area contributed by atoms with Gasteiger partial charge in [-0.15, -0.1) is 0 Å². The molecule has 1 aliphatic heterocycles. The number of benzene rings is 1. The molecule has 1 aromatic carbocycles. The van der Waals surface area contributed by atoms with Crippen LogP contribution in [-0.4, -0.2) is 33.9 Å². The number of carbonyl (C=O) groups is 1. The molecule has 1 aliphatic rings. The molecule has 2 aromatic rings. The van der Waals surface area contributed by atoms with Crippen LogP contribution in [0.5, 0.6) is 0 Å². The number of piperidine rings is 1. The summed E-state index contributed by atoms with van der Waals surface area (Å²) in [7, 11) is 0. The van der Waals surface area contributed by atoms with Crippen molar-refractivity contribution in [3.63, 3.8) is 0 Å². The first-order valence-corrected chi connectivity index (χ1v) is 9.06. The van der Waals surface area contributed by atoms with Gasteiger partial charge in [0.1, 0.15) is 0 Å². The summed E-state index contributed by atoms with van der Waals surface area (Å²) < 4.78 is 0. The number of H-pyrrole nitrogens is 1. The highest BCUT2D eigenvalue weighted by atomic mass is 35.5. The van der Waals surface area contributed by atoms with Crippen LogP contribution in [-0.2, 0) is 17.6 Å². The standard InChI is InChI=1S/C18H21Cl2N3O/c19-16-4-2-14(9-17(16)20)10-18(24)23-7-5-13(6-8-23)1-3-15-11-21-12-22-15/h2,4,9,11-13H,1,3,5-8,10H2,(H,21,22). The van der Waals surface area contributed by atoms with E-state index in [4.69, 9.17) is 23.2 Å². The number of halogens is 2. The topological polar surface area (TPSA) is 49.0 Å². The SMILES string of the molecule is O=C(Cc1ccc(Cl)c(Cl)c1)N1CCC(CCc2cnc[nH]2)CC1. The van der Waals surface area contributed by atoms with Gasteiger partial charge in [0.2, 0.25) is 5.91 Å². The zero-order valence-corrected chi connectivity index (χ0v) is 15.0. The summed E-state index contributed by atoms with van der Waals surface area (Å²) in [6, 6.07) is 5.39. The van der Waals surface area contributed by atoms with Gasteiger partial charge in [-0.1, -0.05) is 29.3 Å². The van der Waals surface area contributed by atoms with Crippen molar-refractivity contribution in [3.8, 4) is 0 Å². The van der Waals surface area contributed by atoms with Gasteiger partial charge >= 0.3 is 0 Å². The van der Waals surface area contributed by atoms with Gasteiger partial charge in [0.25, 0.3) is 0 Å². The normalized spacial score (nSPS) is 15.7. The fraction of sp³-hybridized carbons (Fsp3) is 0.444. The van der Waals surface area contributed by atoms with Crippen molar-refractivity contribution in [2.24, 2.45) is 5.92 Å². The lowest BCUT2D eigenvalue weighted by atomic mass is 9.91. The molecular weight excluding hydrogens is 345 g/mol. The highest BCUT2D eigenvalue weighted by Gasteiger charge is 2.22. The minimum Gasteiger partial charge on any atom is -0.348 e. The van der Waals surface area contributed by atoms with Crippen molar-refractivity contribution >= 4 is 29.1 Å². The van der Waals surface area contributed by atoms with E-state index in [1.165, 1.54) is 5.69 Å². The van der Waals surface area contributed by atoms with Gasteiger partial charge in [0.05, 0.1) is 22.8 Å². The summed E-state index contributed by atoms with van der Waals surface area (Å²) in [6.45, 7) is 1.68. The van der Waals surface area contributed by atoms with E-state index in [2.05, 4.69) is 9.97 Å². The molecule has 1 amide bonds. The van der Waals surface area contributed by atoms with Gasteiger partial charge in [0, 0.05) is 25.0 Å². The van der Waals surface area contributed by atoms with Gasteiger partial charge < -0.3 is 9.88 Å². The number of carbonyl (C=O) groups excluding carboxylic acids is 1. The van der Waals surface area contributed by atoms with Crippen molar-refractivity contribution in [2.75, 3.05) is 13.1 Å². The van der Waals surface area contributed by atoms with E-state index in [0.29, 0.717) is 22.4 Å². The molecule has 0 unspecified atom stereocenters. The predicted octanol–water partition coefficient (Wildman–Crippen LogP) is 4.13. The molecule has 6 heteroatoms. The van der Waals surface area contributed by atoms with E-state index in [-0.39, 0.29) is 5.91 Å². The maximum atomic E-state index is 12.5. The molecule has 0 bridgehead atoms. The van der Waals surface area contributed by atoms with Crippen LogP contribution in [0.4, 0.5) is 0 Å². The zero-order valence-electron chi connectivity index (χ0n) is 13.5. The Labute approximate surface area is 152 Å². The first kappa shape index (κ1) is 17.3. The number of aromatic nitrogens is 2. The number of aryl methyl sites for hydroxylation is 1. The van der Waals surface area contributed by atoms with E-state index in [1.807, 2.05) is 17.2 Å². The largest absolute Gasteiger partial charge is 0.348 e. The molecule has 0 spiro atoms. The fourth-order valence-corrected chi connectivity index (χ4v) is 3.51. The lowest BCUT2D eigenvalue weighted by Crippen LogP contribution is -2.39. The van der Waals surface area contributed by atoms with Crippen LogP contribution in [0, 0.1) is 5.92 Å². The number of aromatic amines is 1. The summed E-state index contributed by atoms with van der Waals surface area (Å²) in [6.07, 6.45) is 8.31. The molecule has 0 atom stereocenters. The number of imidazole rings is 1. The lowest BCUT2D eigenvalue weighted by Gasteiger charge is -2.32. The molecule has 128 valence electrons. The predicted molar refractivity (Wildman–Crippen MR) is 96.4 cm³/mol. The number of amides is 1. The first-order chi connectivity index (χ1) is 11.6. The Morgan fingerprint density at radius 3 is 2.71 bits per heavy atom. The summed E-state index contributed by atoms with van der Waals surface area (Å²) in [4.78, 5) is 21.6. The van der Waals surface area contributed by atoms with Crippen molar-refractivity contribution < 1.29 is 4.79 Å². The van der Waals surface area contributed by atoms with Crippen LogP contribution >= 0.6 is 23.2 Å². The summed E-state index contributed by atoms with van der Waals surface area (Å²) in [5, 5.41) is 1.02. The third kappa shape index (κ3) is 4.52. The van der Waals surface area contributed by atoms with Gasteiger partial charge in [0.15, 0.2) is 0 Å². The van der Waals surface area contributed by atoms with Crippen LogP contribution in [0.25, 0.3) is 0 Å². The lowest BCUT2D eigenvalue weighted by molar-refractivity contribution is -0.131. The molecule has 0 aliphatic carbocycles. The number of nitrogens with zero attached hydrogens (tertiary/aromatic N) is 2. The fourth-order valence-electron chi connectivity index (χ4n) is 3.19. The Morgan fingerprint density at radius 2 is 2.04 bits per heavy atom. The van der Waals surface area contributed by atoms with Gasteiger partial charge in [-0.05, 0) is 49.3 Å². The van der Waals surface area contributed by atoms with E-state index in [9.17, 15) is 4.79 Å². The molecule has 0 saturated carbocycles. The molecule has 1 N–H and O–H groups in total. The Hall–Kier alpha value is -1.52. The Balaban J connectivity index is 1.45. The first-order valence-electron chi connectivity index (χ1n) is 8.31. The second kappa shape index (κ2) is 8.04. The number of likely N-dealkylation sites (tertiary alicyclic amines) is 1. The summed E-state index contributed by atoms with van der Waals surface area (Å²) in [5.74, 6) is 0.850. The van der Waals surface area contributed by atoms with Crippen molar-refractivity contribution in [2.45, 2.75) is 32.1 Å². The van der Waals surface area contributed by atoms with Crippen molar-refractivity contribution in [1.29, 1.82) is 0 Å². The summed E-state index contributed by atoms with van der Waals surface area (Å²) >= 11 is 11.9. The maximum absolute atomic E-state index is 12.5. The summed E-state index contributed by atoms with van der Waals surface area (Å²) in [5.41, 5.74) is 2.10. The Bertz CT molecular complexity index is 680. The molecule has 0 radical (unpaired) electrons. The quantitative estimate of drug-likeness (QED) is 0.865. The van der Waals surface area contributed by atoms with Crippen LogP contribution in [0.2, 0.25) is 10.0 Å². The molecule has 3 rings (SSSR count). The smallest absolute Gasteiger partial charge is 0.226 e. The molecule has 1 aromatic heterocycles. The number of nitrogens with one attached hydrogen (secondary N) is 1. The number of hydrogen-bond donors (Lipinski definition) is 1.